The zero-order chi connectivity index (χ0) is 11.7. The standard InChI is InChI=1S/C9H9N3O3S/c1-2-5(7-10-3-4-16-7)12-8(14)6(13)11-9(12)15/h3-5H,2H2,1H3,(H,11,13,15). The average Bonchev–Trinajstić information content (AvgIpc) is 2.84. The molecular weight excluding hydrogens is 230 g/mol. The largest absolute Gasteiger partial charge is 0.332 e. The first-order valence-corrected chi connectivity index (χ1v) is 5.61. The average molecular weight is 239 g/mol. The molecule has 7 heteroatoms. The Morgan fingerprint density at radius 2 is 2.25 bits per heavy atom. The summed E-state index contributed by atoms with van der Waals surface area (Å²) in [5.41, 5.74) is 0. The summed E-state index contributed by atoms with van der Waals surface area (Å²) in [5, 5.41) is 4.38. The van der Waals surface area contributed by atoms with Crippen LogP contribution in [0.5, 0.6) is 0 Å². The highest BCUT2D eigenvalue weighted by molar-refractivity contribution is 7.09. The quantitative estimate of drug-likeness (QED) is 0.621. The van der Waals surface area contributed by atoms with Gasteiger partial charge in [-0.15, -0.1) is 11.3 Å². The molecule has 4 amide bonds. The van der Waals surface area contributed by atoms with Crippen molar-refractivity contribution in [1.82, 2.24) is 15.2 Å². The first-order valence-electron chi connectivity index (χ1n) is 4.73. The van der Waals surface area contributed by atoms with Gasteiger partial charge in [0.05, 0.1) is 6.04 Å². The van der Waals surface area contributed by atoms with Gasteiger partial charge in [-0.05, 0) is 6.42 Å². The Morgan fingerprint density at radius 3 is 2.69 bits per heavy atom. The van der Waals surface area contributed by atoms with Crippen molar-refractivity contribution in [3.05, 3.63) is 16.6 Å². The van der Waals surface area contributed by atoms with Gasteiger partial charge in [0.25, 0.3) is 0 Å². The van der Waals surface area contributed by atoms with Crippen LogP contribution in [-0.4, -0.2) is 27.7 Å². The van der Waals surface area contributed by atoms with Crippen molar-refractivity contribution in [1.29, 1.82) is 0 Å². The summed E-state index contributed by atoms with van der Waals surface area (Å²) in [7, 11) is 0. The van der Waals surface area contributed by atoms with Crippen molar-refractivity contribution in [3.8, 4) is 0 Å². The van der Waals surface area contributed by atoms with Gasteiger partial charge < -0.3 is 0 Å². The van der Waals surface area contributed by atoms with E-state index in [0.717, 1.165) is 4.90 Å². The van der Waals surface area contributed by atoms with Crippen LogP contribution < -0.4 is 5.32 Å². The van der Waals surface area contributed by atoms with Crippen LogP contribution in [0.15, 0.2) is 11.6 Å². The van der Waals surface area contributed by atoms with Crippen LogP contribution in [0, 0.1) is 0 Å². The number of hydrogen-bond acceptors (Lipinski definition) is 5. The fourth-order valence-electron chi connectivity index (χ4n) is 1.56. The van der Waals surface area contributed by atoms with Crippen molar-refractivity contribution in [2.45, 2.75) is 19.4 Å². The van der Waals surface area contributed by atoms with E-state index in [-0.39, 0.29) is 0 Å². The number of rotatable bonds is 3. The molecule has 1 fully saturated rings. The van der Waals surface area contributed by atoms with Crippen molar-refractivity contribution in [2.75, 3.05) is 0 Å². The maximum Gasteiger partial charge on any atom is 0.332 e. The Morgan fingerprint density at radius 1 is 1.50 bits per heavy atom. The topological polar surface area (TPSA) is 79.4 Å². The van der Waals surface area contributed by atoms with Crippen LogP contribution in [0.2, 0.25) is 0 Å². The van der Waals surface area contributed by atoms with Gasteiger partial charge in [0.1, 0.15) is 5.01 Å². The van der Waals surface area contributed by atoms with Crippen molar-refractivity contribution < 1.29 is 14.4 Å². The minimum absolute atomic E-state index is 0.459. The van der Waals surface area contributed by atoms with E-state index < -0.39 is 23.9 Å². The lowest BCUT2D eigenvalue weighted by molar-refractivity contribution is -0.141. The Balaban J connectivity index is 2.32. The van der Waals surface area contributed by atoms with Gasteiger partial charge >= 0.3 is 17.8 Å². The molecule has 0 radical (unpaired) electrons. The Hall–Kier alpha value is -1.76. The number of nitrogens with zero attached hydrogens (tertiary/aromatic N) is 2. The second-order valence-electron chi connectivity index (χ2n) is 3.23. The number of urea groups is 1. The maximum absolute atomic E-state index is 11.5. The minimum atomic E-state index is -0.875. The molecule has 84 valence electrons. The number of carbonyl (C=O) groups is 3. The van der Waals surface area contributed by atoms with Crippen molar-refractivity contribution in [2.24, 2.45) is 0 Å². The van der Waals surface area contributed by atoms with Crippen molar-refractivity contribution in [3.63, 3.8) is 0 Å². The van der Waals surface area contributed by atoms with E-state index >= 15 is 0 Å². The van der Waals surface area contributed by atoms with E-state index in [2.05, 4.69) is 4.98 Å². The number of amides is 4. The summed E-state index contributed by atoms with van der Waals surface area (Å²) < 4.78 is 0. The monoisotopic (exact) mass is 239 g/mol. The predicted octanol–water partition coefficient (Wildman–Crippen LogP) is 0.673. The summed E-state index contributed by atoms with van der Waals surface area (Å²) in [6.07, 6.45) is 2.13. The molecule has 1 aliphatic heterocycles. The second kappa shape index (κ2) is 4.01. The zero-order valence-electron chi connectivity index (χ0n) is 8.47. The Labute approximate surface area is 95.3 Å². The number of thiazole rings is 1. The van der Waals surface area contributed by atoms with E-state index in [9.17, 15) is 14.4 Å². The molecule has 1 N–H and O–H groups in total. The van der Waals surface area contributed by atoms with Gasteiger partial charge in [0.2, 0.25) is 0 Å². The fourth-order valence-corrected chi connectivity index (χ4v) is 2.37. The molecule has 2 rings (SSSR count). The van der Waals surface area contributed by atoms with Gasteiger partial charge in [-0.1, -0.05) is 6.92 Å². The fraction of sp³-hybridized carbons (Fsp3) is 0.333. The minimum Gasteiger partial charge on any atom is -0.269 e. The molecule has 1 aliphatic rings. The molecule has 1 aromatic rings. The first-order chi connectivity index (χ1) is 7.65. The van der Waals surface area contributed by atoms with E-state index in [1.54, 1.807) is 11.6 Å². The highest BCUT2D eigenvalue weighted by Gasteiger charge is 2.42. The summed E-state index contributed by atoms with van der Waals surface area (Å²) in [4.78, 5) is 39.0. The molecule has 1 saturated heterocycles. The van der Waals surface area contributed by atoms with Gasteiger partial charge in [-0.3, -0.25) is 14.9 Å². The van der Waals surface area contributed by atoms with Gasteiger partial charge in [-0.25, -0.2) is 14.7 Å². The molecule has 0 saturated carbocycles. The Bertz CT molecular complexity index is 443. The summed E-state index contributed by atoms with van der Waals surface area (Å²) in [6, 6.07) is -1.13. The molecule has 2 heterocycles. The molecule has 0 aliphatic carbocycles. The third-order valence-corrected chi connectivity index (χ3v) is 3.16. The summed E-state index contributed by atoms with van der Waals surface area (Å²) in [6.45, 7) is 1.83. The lowest BCUT2D eigenvalue weighted by atomic mass is 10.2. The predicted molar refractivity (Wildman–Crippen MR) is 55.5 cm³/mol. The molecule has 16 heavy (non-hydrogen) atoms. The van der Waals surface area contributed by atoms with Crippen LogP contribution in [0.3, 0.4) is 0 Å². The number of imide groups is 2. The van der Waals surface area contributed by atoms with Crippen molar-refractivity contribution >= 4 is 29.2 Å². The van der Waals surface area contributed by atoms with Gasteiger partial charge in [-0.2, -0.15) is 0 Å². The SMILES string of the molecule is CCC(c1nccs1)N1C(=O)NC(=O)C1=O. The number of nitrogens with one attached hydrogen (secondary N) is 1. The molecule has 0 spiro atoms. The number of aromatic nitrogens is 1. The van der Waals surface area contributed by atoms with E-state index in [4.69, 9.17) is 0 Å². The molecule has 1 atom stereocenters. The van der Waals surface area contributed by atoms with Crippen LogP contribution in [0.1, 0.15) is 24.4 Å². The smallest absolute Gasteiger partial charge is 0.269 e. The number of carbonyl (C=O) groups excluding carboxylic acids is 3. The van der Waals surface area contributed by atoms with Crippen LogP contribution in [-0.2, 0) is 9.59 Å². The first kappa shape index (κ1) is 10.7. The summed E-state index contributed by atoms with van der Waals surface area (Å²) in [5.74, 6) is -1.69. The van der Waals surface area contributed by atoms with Crippen LogP contribution in [0.25, 0.3) is 0 Å². The zero-order valence-corrected chi connectivity index (χ0v) is 9.28. The third kappa shape index (κ3) is 1.58. The molecule has 0 bridgehead atoms. The molecule has 1 unspecified atom stereocenters. The third-order valence-electron chi connectivity index (χ3n) is 2.29. The molecule has 1 aromatic heterocycles. The highest BCUT2D eigenvalue weighted by atomic mass is 32.1. The van der Waals surface area contributed by atoms with Gasteiger partial charge in [0.15, 0.2) is 0 Å². The summed E-state index contributed by atoms with van der Waals surface area (Å²) >= 11 is 1.35. The van der Waals surface area contributed by atoms with E-state index in [0.29, 0.717) is 11.4 Å². The molecule has 0 aromatic carbocycles. The highest BCUT2D eigenvalue weighted by Crippen LogP contribution is 2.27. The lowest BCUT2D eigenvalue weighted by Gasteiger charge is -2.20. The maximum atomic E-state index is 11.5. The van der Waals surface area contributed by atoms with Gasteiger partial charge in [0, 0.05) is 11.6 Å². The number of hydrogen-bond donors (Lipinski definition) is 1. The van der Waals surface area contributed by atoms with E-state index in [1.807, 2.05) is 12.2 Å². The van der Waals surface area contributed by atoms with Crippen LogP contribution >= 0.6 is 11.3 Å². The molecule has 6 nitrogen and oxygen atoms in total. The normalized spacial score (nSPS) is 17.8. The van der Waals surface area contributed by atoms with Crippen LogP contribution in [0.4, 0.5) is 4.79 Å². The second-order valence-corrected chi connectivity index (χ2v) is 4.15. The molecular formula is C9H9N3O3S. The van der Waals surface area contributed by atoms with E-state index in [1.165, 1.54) is 11.3 Å². The lowest BCUT2D eigenvalue weighted by Crippen LogP contribution is -2.34. The Kier molecular flexibility index (Phi) is 2.69.